The van der Waals surface area contributed by atoms with E-state index >= 15 is 0 Å². The molecule has 1 aliphatic heterocycles. The molecular weight excluding hydrogens is 268 g/mol. The van der Waals surface area contributed by atoms with Gasteiger partial charge < -0.3 is 10.6 Å². The Balaban J connectivity index is 2.10. The minimum atomic E-state index is 0.423. The minimum Gasteiger partial charge on any atom is -0.371 e. The molecule has 0 unspecified atom stereocenters. The first-order chi connectivity index (χ1) is 9.41. The van der Waals surface area contributed by atoms with E-state index in [4.69, 9.17) is 17.3 Å². The Bertz CT molecular complexity index is 443. The van der Waals surface area contributed by atoms with Gasteiger partial charge in [0.1, 0.15) is 0 Å². The molecule has 1 aromatic rings. The van der Waals surface area contributed by atoms with Crippen LogP contribution in [-0.4, -0.2) is 19.6 Å². The number of hydrogen-bond acceptors (Lipinski definition) is 2. The second-order valence-electron chi connectivity index (χ2n) is 6.94. The van der Waals surface area contributed by atoms with E-state index in [0.717, 1.165) is 30.5 Å². The van der Waals surface area contributed by atoms with Gasteiger partial charge in [-0.25, -0.2) is 0 Å². The van der Waals surface area contributed by atoms with Gasteiger partial charge in [0.15, 0.2) is 0 Å². The maximum Gasteiger partial charge on any atom is 0.0410 e. The van der Waals surface area contributed by atoms with Crippen molar-refractivity contribution in [2.24, 2.45) is 17.1 Å². The summed E-state index contributed by atoms with van der Waals surface area (Å²) in [6.07, 6.45) is 3.44. The zero-order valence-electron chi connectivity index (χ0n) is 13.0. The highest BCUT2D eigenvalue weighted by Gasteiger charge is 2.29. The van der Waals surface area contributed by atoms with Crippen molar-refractivity contribution in [3.05, 3.63) is 28.8 Å². The predicted octanol–water partition coefficient (Wildman–Crippen LogP) is 4.10. The summed E-state index contributed by atoms with van der Waals surface area (Å²) in [5.41, 5.74) is 8.76. The Morgan fingerprint density at radius 3 is 2.45 bits per heavy atom. The van der Waals surface area contributed by atoms with Crippen molar-refractivity contribution < 1.29 is 0 Å². The van der Waals surface area contributed by atoms with Crippen LogP contribution in [0.4, 0.5) is 5.69 Å². The first-order valence-corrected chi connectivity index (χ1v) is 8.03. The lowest BCUT2D eigenvalue weighted by Gasteiger charge is -2.40. The van der Waals surface area contributed by atoms with Gasteiger partial charge in [-0.3, -0.25) is 0 Å². The number of benzene rings is 1. The van der Waals surface area contributed by atoms with Crippen LogP contribution >= 0.6 is 11.6 Å². The number of nitrogens with two attached hydrogens (primary N) is 1. The minimum absolute atomic E-state index is 0.423. The van der Waals surface area contributed by atoms with E-state index in [1.165, 1.54) is 24.1 Å². The van der Waals surface area contributed by atoms with Gasteiger partial charge >= 0.3 is 0 Å². The van der Waals surface area contributed by atoms with Gasteiger partial charge in [-0.2, -0.15) is 0 Å². The lowest BCUT2D eigenvalue weighted by Crippen LogP contribution is -2.38. The van der Waals surface area contributed by atoms with Gasteiger partial charge in [0.05, 0.1) is 0 Å². The molecule has 1 aromatic carbocycles. The summed E-state index contributed by atoms with van der Waals surface area (Å²) in [6, 6.07) is 6.22. The first kappa shape index (κ1) is 15.7. The third-order valence-corrected chi connectivity index (χ3v) is 4.75. The lowest BCUT2D eigenvalue weighted by atomic mass is 9.75. The largest absolute Gasteiger partial charge is 0.371 e. The molecule has 3 heteroatoms. The van der Waals surface area contributed by atoms with E-state index in [1.54, 1.807) is 0 Å². The normalized spacial score (nSPS) is 17.6. The molecule has 0 saturated carbocycles. The van der Waals surface area contributed by atoms with E-state index in [2.05, 4.69) is 37.8 Å². The molecule has 1 saturated heterocycles. The predicted molar refractivity (Wildman–Crippen MR) is 88.6 cm³/mol. The number of halogens is 1. The average Bonchev–Trinajstić information content (AvgIpc) is 2.38. The molecule has 0 bridgehead atoms. The van der Waals surface area contributed by atoms with Gasteiger partial charge in [-0.15, -0.1) is 0 Å². The zero-order valence-corrected chi connectivity index (χ0v) is 13.7. The van der Waals surface area contributed by atoms with E-state index in [9.17, 15) is 0 Å². The third kappa shape index (κ3) is 3.67. The van der Waals surface area contributed by atoms with Crippen LogP contribution in [-0.2, 0) is 6.42 Å². The fourth-order valence-electron chi connectivity index (χ4n) is 3.20. The highest BCUT2D eigenvalue weighted by molar-refractivity contribution is 6.30. The molecule has 0 atom stereocenters. The Labute approximate surface area is 128 Å². The number of nitrogens with zero attached hydrogens (tertiary/aromatic N) is 1. The fraction of sp³-hybridized carbons (Fsp3) is 0.647. The standard InChI is InChI=1S/C17H27ClN2/c1-17(2,3)14-7-10-20(11-8-14)16-5-4-15(18)12-13(16)6-9-19/h4-5,12,14H,6-11,19H2,1-3H3. The molecule has 20 heavy (non-hydrogen) atoms. The van der Waals surface area contributed by atoms with Crippen molar-refractivity contribution in [1.29, 1.82) is 0 Å². The van der Waals surface area contributed by atoms with E-state index in [1.807, 2.05) is 6.07 Å². The van der Waals surface area contributed by atoms with Crippen molar-refractivity contribution in [1.82, 2.24) is 0 Å². The molecule has 2 N–H and O–H groups in total. The summed E-state index contributed by atoms with van der Waals surface area (Å²) in [5, 5.41) is 0.807. The number of hydrogen-bond donors (Lipinski definition) is 1. The van der Waals surface area contributed by atoms with Gasteiger partial charge in [0.25, 0.3) is 0 Å². The fourth-order valence-corrected chi connectivity index (χ4v) is 3.40. The second kappa shape index (κ2) is 6.36. The van der Waals surface area contributed by atoms with Crippen LogP contribution in [0.3, 0.4) is 0 Å². The second-order valence-corrected chi connectivity index (χ2v) is 7.38. The first-order valence-electron chi connectivity index (χ1n) is 7.65. The Morgan fingerprint density at radius 1 is 1.25 bits per heavy atom. The van der Waals surface area contributed by atoms with Crippen molar-refractivity contribution >= 4 is 17.3 Å². The van der Waals surface area contributed by atoms with Crippen LogP contribution in [0.15, 0.2) is 18.2 Å². The smallest absolute Gasteiger partial charge is 0.0410 e. The Hall–Kier alpha value is -0.730. The molecule has 0 radical (unpaired) electrons. The summed E-state index contributed by atoms with van der Waals surface area (Å²) in [5.74, 6) is 0.823. The van der Waals surface area contributed by atoms with Crippen LogP contribution in [0.25, 0.3) is 0 Å². The molecule has 0 aromatic heterocycles. The maximum atomic E-state index is 6.12. The Kier molecular flexibility index (Phi) is 4.98. The quantitative estimate of drug-likeness (QED) is 0.909. The van der Waals surface area contributed by atoms with Crippen LogP contribution in [0.5, 0.6) is 0 Å². The molecule has 1 aliphatic rings. The molecule has 0 aliphatic carbocycles. The number of piperidine rings is 1. The van der Waals surface area contributed by atoms with Gasteiger partial charge in [0, 0.05) is 23.8 Å². The molecule has 2 rings (SSSR count). The Morgan fingerprint density at radius 2 is 1.90 bits per heavy atom. The summed E-state index contributed by atoms with van der Waals surface area (Å²) < 4.78 is 0. The summed E-state index contributed by atoms with van der Waals surface area (Å²) >= 11 is 6.12. The highest BCUT2D eigenvalue weighted by Crippen LogP contribution is 2.36. The SMILES string of the molecule is CC(C)(C)C1CCN(c2ccc(Cl)cc2CCN)CC1. The van der Waals surface area contributed by atoms with Crippen molar-refractivity contribution in [2.45, 2.75) is 40.0 Å². The number of anilines is 1. The summed E-state index contributed by atoms with van der Waals surface area (Å²) in [6.45, 7) is 10.0. The van der Waals surface area contributed by atoms with Crippen LogP contribution in [0.1, 0.15) is 39.2 Å². The van der Waals surface area contributed by atoms with E-state index in [0.29, 0.717) is 12.0 Å². The average molecular weight is 295 g/mol. The highest BCUT2D eigenvalue weighted by atomic mass is 35.5. The maximum absolute atomic E-state index is 6.12. The van der Waals surface area contributed by atoms with Gasteiger partial charge in [0.2, 0.25) is 0 Å². The molecule has 1 fully saturated rings. The number of rotatable bonds is 3. The molecule has 112 valence electrons. The van der Waals surface area contributed by atoms with Crippen LogP contribution < -0.4 is 10.6 Å². The summed E-state index contributed by atoms with van der Waals surface area (Å²) in [7, 11) is 0. The third-order valence-electron chi connectivity index (χ3n) is 4.52. The molecule has 1 heterocycles. The van der Waals surface area contributed by atoms with Crippen molar-refractivity contribution in [3.8, 4) is 0 Å². The van der Waals surface area contributed by atoms with Gasteiger partial charge in [-0.05, 0) is 60.9 Å². The van der Waals surface area contributed by atoms with E-state index < -0.39 is 0 Å². The monoisotopic (exact) mass is 294 g/mol. The van der Waals surface area contributed by atoms with Crippen molar-refractivity contribution in [2.75, 3.05) is 24.5 Å². The molecular formula is C17H27ClN2. The van der Waals surface area contributed by atoms with Crippen LogP contribution in [0.2, 0.25) is 5.02 Å². The van der Waals surface area contributed by atoms with E-state index in [-0.39, 0.29) is 0 Å². The zero-order chi connectivity index (χ0) is 14.8. The molecule has 0 amide bonds. The lowest BCUT2D eigenvalue weighted by molar-refractivity contribution is 0.199. The summed E-state index contributed by atoms with van der Waals surface area (Å²) in [4.78, 5) is 2.50. The molecule has 2 nitrogen and oxygen atoms in total. The molecule has 0 spiro atoms. The van der Waals surface area contributed by atoms with Crippen LogP contribution in [0, 0.1) is 11.3 Å². The van der Waals surface area contributed by atoms with Crippen molar-refractivity contribution in [3.63, 3.8) is 0 Å². The van der Waals surface area contributed by atoms with Gasteiger partial charge in [-0.1, -0.05) is 32.4 Å². The topological polar surface area (TPSA) is 29.3 Å².